The second-order valence-corrected chi connectivity index (χ2v) is 14.8. The molecule has 0 radical (unpaired) electrons. The zero-order valence-corrected chi connectivity index (χ0v) is 31.4. The Morgan fingerprint density at radius 2 is 1.05 bits per heavy atom. The highest BCUT2D eigenvalue weighted by molar-refractivity contribution is 5.91. The maximum atomic E-state index is 14.3. The van der Waals surface area contributed by atoms with Crippen molar-refractivity contribution >= 4 is 35.8 Å². The van der Waals surface area contributed by atoms with Crippen molar-refractivity contribution in [2.45, 2.75) is 89.7 Å². The summed E-state index contributed by atoms with van der Waals surface area (Å²) in [6, 6.07) is 24.2. The maximum Gasteiger partial charge on any atom is 0.338 e. The number of benzene rings is 3. The van der Waals surface area contributed by atoms with Gasteiger partial charge in [-0.05, 0) is 62.6 Å². The minimum atomic E-state index is -2.09. The second-order valence-electron chi connectivity index (χ2n) is 14.8. The summed E-state index contributed by atoms with van der Waals surface area (Å²) in [5, 5.41) is 0. The van der Waals surface area contributed by atoms with Crippen LogP contribution in [0.1, 0.15) is 79.0 Å². The molecule has 1 aliphatic heterocycles. The maximum absolute atomic E-state index is 14.3. The van der Waals surface area contributed by atoms with E-state index < -0.39 is 101 Å². The van der Waals surface area contributed by atoms with Crippen molar-refractivity contribution < 1.29 is 61.9 Å². The molecule has 0 aromatic heterocycles. The van der Waals surface area contributed by atoms with Gasteiger partial charge in [0.15, 0.2) is 12.2 Å². The number of ether oxygens (including phenoxy) is 7. The first-order chi connectivity index (χ1) is 26.1. The third-order valence-corrected chi connectivity index (χ3v) is 10.9. The van der Waals surface area contributed by atoms with Crippen molar-refractivity contribution in [1.29, 1.82) is 0 Å². The fraction of sp³-hybridized carbons (Fsp3) is 0.429. The number of hydrogen-bond acceptors (Lipinski definition) is 13. The molecule has 3 aromatic carbocycles. The molecular formula is C42H44O13. The van der Waals surface area contributed by atoms with E-state index in [-0.39, 0.29) is 23.1 Å². The zero-order valence-electron chi connectivity index (χ0n) is 31.4. The van der Waals surface area contributed by atoms with Crippen LogP contribution < -0.4 is 0 Å². The van der Waals surface area contributed by atoms with E-state index in [0.29, 0.717) is 0 Å². The molecule has 55 heavy (non-hydrogen) atoms. The number of carbonyl (C=O) groups is 6. The van der Waals surface area contributed by atoms with Crippen LogP contribution in [0.4, 0.5) is 0 Å². The predicted octanol–water partition coefficient (Wildman–Crippen LogP) is 5.29. The van der Waals surface area contributed by atoms with Gasteiger partial charge in [0.1, 0.15) is 35.9 Å². The van der Waals surface area contributed by atoms with Gasteiger partial charge in [0.05, 0.1) is 28.2 Å². The lowest BCUT2D eigenvalue weighted by Gasteiger charge is -2.64. The van der Waals surface area contributed by atoms with Crippen LogP contribution in [0.25, 0.3) is 0 Å². The van der Waals surface area contributed by atoms with Gasteiger partial charge in [0.2, 0.25) is 0 Å². The monoisotopic (exact) mass is 756 g/mol. The van der Waals surface area contributed by atoms with Crippen molar-refractivity contribution in [2.24, 2.45) is 17.3 Å². The first-order valence-corrected chi connectivity index (χ1v) is 18.1. The van der Waals surface area contributed by atoms with Gasteiger partial charge in [-0.1, -0.05) is 61.5 Å². The Bertz CT molecular complexity index is 1930. The number of carbonyl (C=O) groups excluding carboxylic acids is 6. The van der Waals surface area contributed by atoms with Gasteiger partial charge in [-0.25, -0.2) is 14.4 Å². The van der Waals surface area contributed by atoms with Gasteiger partial charge in [-0.2, -0.15) is 0 Å². The van der Waals surface area contributed by atoms with Crippen LogP contribution in [0.15, 0.2) is 91.0 Å². The third kappa shape index (κ3) is 7.08. The van der Waals surface area contributed by atoms with Gasteiger partial charge < -0.3 is 33.2 Å². The minimum Gasteiger partial charge on any atom is -0.461 e. The molecule has 1 heterocycles. The third-order valence-electron chi connectivity index (χ3n) is 10.9. The summed E-state index contributed by atoms with van der Waals surface area (Å²) in [6.45, 7) is 8.05. The normalized spacial score (nSPS) is 30.1. The van der Waals surface area contributed by atoms with Crippen LogP contribution in [-0.4, -0.2) is 84.1 Å². The van der Waals surface area contributed by atoms with Gasteiger partial charge in [0, 0.05) is 20.8 Å². The predicted molar refractivity (Wildman–Crippen MR) is 192 cm³/mol. The molecule has 3 fully saturated rings. The van der Waals surface area contributed by atoms with Gasteiger partial charge in [-0.3, -0.25) is 14.4 Å². The average molecular weight is 757 g/mol. The lowest BCUT2D eigenvalue weighted by molar-refractivity contribution is -0.327. The van der Waals surface area contributed by atoms with E-state index >= 15 is 0 Å². The molecule has 2 bridgehead atoms. The standard InChI is InChI=1S/C42H44O13/c1-24-22-31(50-25(2)43)34(51-26(3)44)41(23-49-37(46)28-16-10-7-11-17-28)36(54-39(48)30-20-14-9-15-21-30)33(53-38(47)29-18-12-8-13-19-29)32-35(52-27(4)45)42(24,41)55-40(32,5)6/h7-21,24,31-36H,22-23H2,1-6H3/t24-,31-,32+,33-,34+,35-,36+,41-,42+/m0/s1. The van der Waals surface area contributed by atoms with E-state index in [2.05, 4.69) is 0 Å². The molecular weight excluding hydrogens is 712 g/mol. The number of fused-ring (bicyclic) bond motifs is 1. The molecule has 6 rings (SSSR count). The highest BCUT2D eigenvalue weighted by atomic mass is 16.6. The van der Waals surface area contributed by atoms with Crippen LogP contribution >= 0.6 is 0 Å². The van der Waals surface area contributed by atoms with Crippen molar-refractivity contribution in [3.63, 3.8) is 0 Å². The SMILES string of the molecule is CC(=O)O[C@H]1C[C@H](C)[C@]23OC(C)(C)[C@H]([C@H](OC(=O)c4ccccc4)[C@@H](OC(=O)c4ccccc4)[C@]2(COC(=O)c2ccccc2)[C@@H]1OC(C)=O)[C@@H]3OC(C)=O. The fourth-order valence-electron chi connectivity index (χ4n) is 9.00. The Morgan fingerprint density at radius 3 is 1.55 bits per heavy atom. The lowest BCUT2D eigenvalue weighted by atomic mass is 9.47. The topological polar surface area (TPSA) is 167 Å². The Kier molecular flexibility index (Phi) is 10.9. The fourth-order valence-corrected chi connectivity index (χ4v) is 9.00. The summed E-state index contributed by atoms with van der Waals surface area (Å²) in [7, 11) is 0. The van der Waals surface area contributed by atoms with E-state index in [1.807, 2.05) is 0 Å². The second kappa shape index (κ2) is 15.3. The average Bonchev–Trinajstić information content (AvgIpc) is 3.34. The van der Waals surface area contributed by atoms with Crippen molar-refractivity contribution in [2.75, 3.05) is 6.61 Å². The molecule has 13 heteroatoms. The molecule has 3 aromatic rings. The zero-order chi connectivity index (χ0) is 39.7. The Morgan fingerprint density at radius 1 is 0.600 bits per heavy atom. The molecule has 2 saturated carbocycles. The van der Waals surface area contributed by atoms with Crippen LogP contribution in [0.3, 0.4) is 0 Å². The molecule has 13 nitrogen and oxygen atoms in total. The van der Waals surface area contributed by atoms with E-state index in [1.54, 1.807) is 87.5 Å². The van der Waals surface area contributed by atoms with E-state index in [4.69, 9.17) is 33.2 Å². The van der Waals surface area contributed by atoms with E-state index in [1.165, 1.54) is 38.1 Å². The highest BCUT2D eigenvalue weighted by Crippen LogP contribution is 2.68. The van der Waals surface area contributed by atoms with Gasteiger partial charge in [0.25, 0.3) is 0 Å². The number of rotatable bonds is 10. The Balaban J connectivity index is 1.67. The molecule has 1 spiro atoms. The summed E-state index contributed by atoms with van der Waals surface area (Å²) in [5.74, 6) is -6.48. The molecule has 290 valence electrons. The molecule has 0 amide bonds. The molecule has 0 N–H and O–H groups in total. The summed E-state index contributed by atoms with van der Waals surface area (Å²) in [4.78, 5) is 81.4. The van der Waals surface area contributed by atoms with Gasteiger partial charge >= 0.3 is 35.8 Å². The van der Waals surface area contributed by atoms with Crippen LogP contribution in [0.2, 0.25) is 0 Å². The molecule has 2 aliphatic carbocycles. The van der Waals surface area contributed by atoms with Gasteiger partial charge in [-0.15, -0.1) is 0 Å². The molecule has 0 unspecified atom stereocenters. The largest absolute Gasteiger partial charge is 0.461 e. The molecule has 1 saturated heterocycles. The summed E-state index contributed by atoms with van der Waals surface area (Å²) >= 11 is 0. The summed E-state index contributed by atoms with van der Waals surface area (Å²) in [5.41, 5.74) is -4.74. The summed E-state index contributed by atoms with van der Waals surface area (Å²) in [6.07, 6.45) is -7.25. The van der Waals surface area contributed by atoms with E-state index in [0.717, 1.165) is 6.92 Å². The highest BCUT2D eigenvalue weighted by Gasteiger charge is 2.86. The van der Waals surface area contributed by atoms with E-state index in [9.17, 15) is 28.8 Å². The van der Waals surface area contributed by atoms with Crippen LogP contribution in [0, 0.1) is 17.3 Å². The molecule has 9 atom stereocenters. The number of esters is 6. The van der Waals surface area contributed by atoms with Crippen LogP contribution in [0.5, 0.6) is 0 Å². The minimum absolute atomic E-state index is 0.0142. The van der Waals surface area contributed by atoms with Crippen molar-refractivity contribution in [3.05, 3.63) is 108 Å². The smallest absolute Gasteiger partial charge is 0.338 e. The van der Waals surface area contributed by atoms with Crippen molar-refractivity contribution in [1.82, 2.24) is 0 Å². The Hall–Kier alpha value is -5.56. The first-order valence-electron chi connectivity index (χ1n) is 18.1. The van der Waals surface area contributed by atoms with Crippen molar-refractivity contribution in [3.8, 4) is 0 Å². The van der Waals surface area contributed by atoms with Crippen LogP contribution in [-0.2, 0) is 47.5 Å². The molecule has 3 aliphatic rings. The summed E-state index contributed by atoms with van der Waals surface area (Å²) < 4.78 is 44.4. The number of hydrogen-bond donors (Lipinski definition) is 0. The first kappa shape index (κ1) is 39.1. The Labute approximate surface area is 318 Å². The quantitative estimate of drug-likeness (QED) is 0.194. The lowest BCUT2D eigenvalue weighted by Crippen LogP contribution is -2.81.